The lowest BCUT2D eigenvalue weighted by Crippen LogP contribution is -2.41. The van der Waals surface area contributed by atoms with Gasteiger partial charge in [0.2, 0.25) is 0 Å². The molecular weight excluding hydrogens is 330 g/mol. The van der Waals surface area contributed by atoms with E-state index >= 15 is 0 Å². The van der Waals surface area contributed by atoms with Crippen LogP contribution in [0.15, 0.2) is 36.4 Å². The summed E-state index contributed by atoms with van der Waals surface area (Å²) in [5.74, 6) is -0.282. The fraction of sp³-hybridized carbons (Fsp3) is 0.300. The summed E-state index contributed by atoms with van der Waals surface area (Å²) >= 11 is 0. The minimum Gasteiger partial charge on any atom is -0.399 e. The van der Waals surface area contributed by atoms with E-state index in [0.717, 1.165) is 11.1 Å². The molecule has 2 aromatic carbocycles. The number of carbonyl (C=O) groups is 2. The lowest BCUT2D eigenvalue weighted by Gasteiger charge is -2.27. The van der Waals surface area contributed by atoms with Crippen molar-refractivity contribution in [3.05, 3.63) is 58.7 Å². The molecule has 2 amide bonds. The van der Waals surface area contributed by atoms with Gasteiger partial charge in [0.15, 0.2) is 0 Å². The van der Waals surface area contributed by atoms with Crippen LogP contribution in [0.1, 0.15) is 31.8 Å². The van der Waals surface area contributed by atoms with E-state index in [-0.39, 0.29) is 11.8 Å². The van der Waals surface area contributed by atoms with Gasteiger partial charge in [-0.3, -0.25) is 9.59 Å². The van der Waals surface area contributed by atoms with Gasteiger partial charge in [-0.25, -0.2) is 0 Å². The standard InChI is InChI=1S/C20H23N3O3/c1-13-6-7-15(21)12-17(13)19(24)22-18-5-3-4-16(14(18)2)20(25)23-8-10-26-11-9-23/h3-7,12H,8-11,21H2,1-2H3,(H,22,24). The molecule has 0 unspecified atom stereocenters. The van der Waals surface area contributed by atoms with Crippen molar-refractivity contribution in [3.63, 3.8) is 0 Å². The quantitative estimate of drug-likeness (QED) is 0.831. The summed E-state index contributed by atoms with van der Waals surface area (Å²) in [6.45, 7) is 5.97. The first-order valence-corrected chi connectivity index (χ1v) is 8.61. The Morgan fingerprint density at radius 3 is 2.54 bits per heavy atom. The fourth-order valence-corrected chi connectivity index (χ4v) is 3.01. The van der Waals surface area contributed by atoms with Crippen LogP contribution in [0.25, 0.3) is 0 Å². The van der Waals surface area contributed by atoms with Crippen molar-refractivity contribution in [1.82, 2.24) is 4.90 Å². The summed E-state index contributed by atoms with van der Waals surface area (Å²) in [6, 6.07) is 10.6. The van der Waals surface area contributed by atoms with Crippen LogP contribution in [0, 0.1) is 13.8 Å². The highest BCUT2D eigenvalue weighted by Gasteiger charge is 2.21. The second-order valence-corrected chi connectivity index (χ2v) is 6.41. The zero-order valence-electron chi connectivity index (χ0n) is 15.0. The van der Waals surface area contributed by atoms with Gasteiger partial charge in [0.05, 0.1) is 13.2 Å². The van der Waals surface area contributed by atoms with Gasteiger partial charge in [0.1, 0.15) is 0 Å². The number of ether oxygens (including phenoxy) is 1. The van der Waals surface area contributed by atoms with Crippen molar-refractivity contribution < 1.29 is 14.3 Å². The average Bonchev–Trinajstić information content (AvgIpc) is 2.65. The maximum Gasteiger partial charge on any atom is 0.256 e. The highest BCUT2D eigenvalue weighted by atomic mass is 16.5. The predicted molar refractivity (Wildman–Crippen MR) is 101 cm³/mol. The summed E-state index contributed by atoms with van der Waals surface area (Å²) < 4.78 is 5.30. The van der Waals surface area contributed by atoms with Crippen LogP contribution >= 0.6 is 0 Å². The van der Waals surface area contributed by atoms with Gasteiger partial charge in [-0.05, 0) is 49.2 Å². The number of nitrogens with zero attached hydrogens (tertiary/aromatic N) is 1. The fourth-order valence-electron chi connectivity index (χ4n) is 3.01. The molecule has 1 aliphatic heterocycles. The van der Waals surface area contributed by atoms with Gasteiger partial charge in [-0.1, -0.05) is 12.1 Å². The molecule has 1 heterocycles. The Labute approximate surface area is 152 Å². The molecule has 0 radical (unpaired) electrons. The van der Waals surface area contributed by atoms with Crippen LogP contribution in [-0.2, 0) is 4.74 Å². The molecule has 1 aliphatic rings. The SMILES string of the molecule is Cc1ccc(N)cc1C(=O)Nc1cccc(C(=O)N2CCOCC2)c1C. The van der Waals surface area contributed by atoms with Gasteiger partial charge in [0.25, 0.3) is 11.8 Å². The average molecular weight is 353 g/mol. The molecule has 6 nitrogen and oxygen atoms in total. The summed E-state index contributed by atoms with van der Waals surface area (Å²) in [5, 5.41) is 2.90. The van der Waals surface area contributed by atoms with Gasteiger partial charge in [-0.15, -0.1) is 0 Å². The molecule has 6 heteroatoms. The highest BCUT2D eigenvalue weighted by molar-refractivity contribution is 6.07. The number of nitrogens with one attached hydrogen (secondary N) is 1. The third-order valence-electron chi connectivity index (χ3n) is 4.62. The number of aryl methyl sites for hydroxylation is 1. The highest BCUT2D eigenvalue weighted by Crippen LogP contribution is 2.22. The zero-order chi connectivity index (χ0) is 18.7. The summed E-state index contributed by atoms with van der Waals surface area (Å²) in [5.41, 5.74) is 9.66. The molecule has 0 aromatic heterocycles. The monoisotopic (exact) mass is 353 g/mol. The van der Waals surface area contributed by atoms with Crippen LogP contribution in [0.5, 0.6) is 0 Å². The summed E-state index contributed by atoms with van der Waals surface area (Å²) in [4.78, 5) is 27.2. The molecule has 0 atom stereocenters. The van der Waals surface area contributed by atoms with E-state index < -0.39 is 0 Å². The maximum atomic E-state index is 12.8. The number of hydrogen-bond donors (Lipinski definition) is 2. The Balaban J connectivity index is 1.84. The van der Waals surface area contributed by atoms with Gasteiger partial charge in [-0.2, -0.15) is 0 Å². The lowest BCUT2D eigenvalue weighted by molar-refractivity contribution is 0.0302. The number of rotatable bonds is 3. The van der Waals surface area contributed by atoms with Crippen LogP contribution in [0.3, 0.4) is 0 Å². The number of nitrogens with two attached hydrogens (primary N) is 1. The van der Waals surface area contributed by atoms with Crippen molar-refractivity contribution in [3.8, 4) is 0 Å². The molecule has 3 rings (SSSR count). The van der Waals surface area contributed by atoms with E-state index in [0.29, 0.717) is 48.8 Å². The minimum absolute atomic E-state index is 0.0398. The lowest BCUT2D eigenvalue weighted by atomic mass is 10.0. The van der Waals surface area contributed by atoms with E-state index in [4.69, 9.17) is 10.5 Å². The van der Waals surface area contributed by atoms with Crippen molar-refractivity contribution >= 4 is 23.2 Å². The number of carbonyl (C=O) groups excluding carboxylic acids is 2. The Bertz CT molecular complexity index is 842. The normalized spacial score (nSPS) is 14.2. The van der Waals surface area contributed by atoms with E-state index in [2.05, 4.69) is 5.32 Å². The molecule has 136 valence electrons. The Morgan fingerprint density at radius 2 is 1.81 bits per heavy atom. The summed E-state index contributed by atoms with van der Waals surface area (Å²) in [7, 11) is 0. The topological polar surface area (TPSA) is 84.7 Å². The Hall–Kier alpha value is -2.86. The molecule has 0 saturated carbocycles. The van der Waals surface area contributed by atoms with Crippen LogP contribution < -0.4 is 11.1 Å². The molecule has 0 spiro atoms. The number of hydrogen-bond acceptors (Lipinski definition) is 4. The first-order valence-electron chi connectivity index (χ1n) is 8.61. The predicted octanol–water partition coefficient (Wildman–Crippen LogP) is 2.61. The van der Waals surface area contributed by atoms with Gasteiger partial charge < -0.3 is 20.7 Å². The number of amides is 2. The third-order valence-corrected chi connectivity index (χ3v) is 4.62. The van der Waals surface area contributed by atoms with E-state index in [9.17, 15) is 9.59 Å². The van der Waals surface area contributed by atoms with Crippen LogP contribution in [0.4, 0.5) is 11.4 Å². The number of morpholine rings is 1. The second-order valence-electron chi connectivity index (χ2n) is 6.41. The number of anilines is 2. The molecule has 3 N–H and O–H groups in total. The van der Waals surface area contributed by atoms with Crippen molar-refractivity contribution in [2.24, 2.45) is 0 Å². The van der Waals surface area contributed by atoms with Crippen LogP contribution in [-0.4, -0.2) is 43.0 Å². The largest absolute Gasteiger partial charge is 0.399 e. The van der Waals surface area contributed by atoms with Crippen LogP contribution in [0.2, 0.25) is 0 Å². The zero-order valence-corrected chi connectivity index (χ0v) is 15.0. The number of benzene rings is 2. The van der Waals surface area contributed by atoms with Gasteiger partial charge >= 0.3 is 0 Å². The first kappa shape index (κ1) is 17.9. The molecule has 1 fully saturated rings. The smallest absolute Gasteiger partial charge is 0.256 e. The molecular formula is C20H23N3O3. The van der Waals surface area contributed by atoms with E-state index in [1.165, 1.54) is 0 Å². The number of nitrogen functional groups attached to an aromatic ring is 1. The second kappa shape index (κ2) is 7.58. The Morgan fingerprint density at radius 1 is 1.08 bits per heavy atom. The third kappa shape index (κ3) is 3.70. The van der Waals surface area contributed by atoms with Crippen molar-refractivity contribution in [1.29, 1.82) is 0 Å². The molecule has 0 bridgehead atoms. The summed E-state index contributed by atoms with van der Waals surface area (Å²) in [6.07, 6.45) is 0. The molecule has 0 aliphatic carbocycles. The van der Waals surface area contributed by atoms with E-state index in [1.54, 1.807) is 35.2 Å². The maximum absolute atomic E-state index is 12.8. The van der Waals surface area contributed by atoms with E-state index in [1.807, 2.05) is 19.9 Å². The Kier molecular flexibility index (Phi) is 5.23. The van der Waals surface area contributed by atoms with Gasteiger partial charge in [0, 0.05) is 35.6 Å². The van der Waals surface area contributed by atoms with Crippen molar-refractivity contribution in [2.75, 3.05) is 37.4 Å². The molecule has 2 aromatic rings. The minimum atomic E-state index is -0.242. The molecule has 26 heavy (non-hydrogen) atoms. The van der Waals surface area contributed by atoms with Crippen molar-refractivity contribution in [2.45, 2.75) is 13.8 Å². The first-order chi connectivity index (χ1) is 12.5. The molecule has 1 saturated heterocycles.